The van der Waals surface area contributed by atoms with E-state index in [0.717, 1.165) is 43.5 Å². The SMILES string of the molecule is O=C(NCc1cnc2c(c1)CCC2)N(Cc1ccccn1)CC1CCCO1. The highest BCUT2D eigenvalue weighted by molar-refractivity contribution is 5.74. The zero-order valence-corrected chi connectivity index (χ0v) is 15.6. The maximum atomic E-state index is 12.9. The minimum atomic E-state index is -0.0864. The number of aromatic nitrogens is 2. The average Bonchev–Trinajstić information content (AvgIpc) is 3.37. The topological polar surface area (TPSA) is 67.4 Å². The Morgan fingerprint density at radius 1 is 1.26 bits per heavy atom. The van der Waals surface area contributed by atoms with Crippen LogP contribution >= 0.6 is 0 Å². The van der Waals surface area contributed by atoms with E-state index in [2.05, 4.69) is 21.4 Å². The molecule has 0 aromatic carbocycles. The van der Waals surface area contributed by atoms with Gasteiger partial charge in [-0.15, -0.1) is 0 Å². The highest BCUT2D eigenvalue weighted by Crippen LogP contribution is 2.20. The molecule has 0 saturated carbocycles. The molecule has 6 nitrogen and oxygen atoms in total. The van der Waals surface area contributed by atoms with Gasteiger partial charge in [0.2, 0.25) is 0 Å². The van der Waals surface area contributed by atoms with Crippen LogP contribution in [-0.4, -0.2) is 40.2 Å². The lowest BCUT2D eigenvalue weighted by Crippen LogP contribution is -2.43. The highest BCUT2D eigenvalue weighted by Gasteiger charge is 2.23. The van der Waals surface area contributed by atoms with Crippen LogP contribution in [0.25, 0.3) is 0 Å². The van der Waals surface area contributed by atoms with Gasteiger partial charge in [-0.2, -0.15) is 0 Å². The van der Waals surface area contributed by atoms with Crippen molar-refractivity contribution in [2.75, 3.05) is 13.2 Å². The molecule has 27 heavy (non-hydrogen) atoms. The van der Waals surface area contributed by atoms with E-state index in [1.807, 2.05) is 24.4 Å². The minimum absolute atomic E-state index is 0.0864. The van der Waals surface area contributed by atoms with Crippen LogP contribution in [0.15, 0.2) is 36.7 Å². The van der Waals surface area contributed by atoms with Gasteiger partial charge in [-0.25, -0.2) is 4.79 Å². The fourth-order valence-electron chi connectivity index (χ4n) is 3.80. The summed E-state index contributed by atoms with van der Waals surface area (Å²) in [6.07, 6.45) is 9.15. The number of amides is 2. The Morgan fingerprint density at radius 3 is 3.04 bits per heavy atom. The predicted octanol–water partition coefficient (Wildman–Crippen LogP) is 2.86. The number of carbonyl (C=O) groups is 1. The fraction of sp³-hybridized carbons (Fsp3) is 0.476. The van der Waals surface area contributed by atoms with Crippen molar-refractivity contribution in [3.63, 3.8) is 0 Å². The summed E-state index contributed by atoms with van der Waals surface area (Å²) in [7, 11) is 0. The molecule has 1 atom stereocenters. The van der Waals surface area contributed by atoms with Crippen LogP contribution in [-0.2, 0) is 30.7 Å². The molecule has 4 rings (SSSR count). The number of nitrogens with one attached hydrogen (secondary N) is 1. The van der Waals surface area contributed by atoms with Gasteiger partial charge in [-0.1, -0.05) is 12.1 Å². The Hall–Kier alpha value is -2.47. The van der Waals surface area contributed by atoms with Gasteiger partial charge in [0, 0.05) is 37.8 Å². The molecule has 2 aromatic rings. The van der Waals surface area contributed by atoms with Gasteiger partial charge in [-0.05, 0) is 55.4 Å². The molecule has 1 unspecified atom stereocenters. The molecular formula is C21H26N4O2. The number of carbonyl (C=O) groups excluding carboxylic acids is 1. The molecule has 1 fully saturated rings. The molecular weight excluding hydrogens is 340 g/mol. The van der Waals surface area contributed by atoms with Crippen LogP contribution < -0.4 is 5.32 Å². The molecule has 2 aliphatic rings. The van der Waals surface area contributed by atoms with Crippen molar-refractivity contribution in [2.24, 2.45) is 0 Å². The highest BCUT2D eigenvalue weighted by atomic mass is 16.5. The number of rotatable bonds is 6. The summed E-state index contributed by atoms with van der Waals surface area (Å²) < 4.78 is 5.73. The third kappa shape index (κ3) is 4.63. The van der Waals surface area contributed by atoms with Gasteiger partial charge in [0.15, 0.2) is 0 Å². The summed E-state index contributed by atoms with van der Waals surface area (Å²) in [4.78, 5) is 23.6. The molecule has 3 heterocycles. The average molecular weight is 366 g/mol. The molecule has 1 aliphatic carbocycles. The summed E-state index contributed by atoms with van der Waals surface area (Å²) in [6.45, 7) is 2.34. The van der Waals surface area contributed by atoms with Crippen LogP contribution in [0.1, 0.15) is 41.8 Å². The van der Waals surface area contributed by atoms with E-state index in [9.17, 15) is 4.79 Å². The van der Waals surface area contributed by atoms with E-state index in [1.54, 1.807) is 11.1 Å². The number of fused-ring (bicyclic) bond motifs is 1. The summed E-state index contributed by atoms with van der Waals surface area (Å²) in [5.41, 5.74) is 4.47. The van der Waals surface area contributed by atoms with Gasteiger partial charge >= 0.3 is 6.03 Å². The quantitative estimate of drug-likeness (QED) is 0.854. The van der Waals surface area contributed by atoms with Crippen molar-refractivity contribution in [3.05, 3.63) is 59.2 Å². The number of ether oxygens (including phenoxy) is 1. The van der Waals surface area contributed by atoms with Gasteiger partial charge in [0.1, 0.15) is 0 Å². The van der Waals surface area contributed by atoms with Crippen molar-refractivity contribution < 1.29 is 9.53 Å². The third-order valence-corrected chi connectivity index (χ3v) is 5.23. The zero-order chi connectivity index (χ0) is 18.5. The Labute approximate surface area is 160 Å². The number of pyridine rings is 2. The van der Waals surface area contributed by atoms with Crippen molar-refractivity contribution in [2.45, 2.75) is 51.3 Å². The van der Waals surface area contributed by atoms with Crippen LogP contribution in [0.4, 0.5) is 4.79 Å². The summed E-state index contributed by atoms with van der Waals surface area (Å²) in [5.74, 6) is 0. The lowest BCUT2D eigenvalue weighted by molar-refractivity contribution is 0.0791. The first-order chi connectivity index (χ1) is 13.3. The predicted molar refractivity (Wildman–Crippen MR) is 102 cm³/mol. The van der Waals surface area contributed by atoms with Gasteiger partial charge in [0.25, 0.3) is 0 Å². The lowest BCUT2D eigenvalue weighted by atomic mass is 10.1. The maximum absolute atomic E-state index is 12.9. The van der Waals surface area contributed by atoms with Crippen molar-refractivity contribution in [1.29, 1.82) is 0 Å². The van der Waals surface area contributed by atoms with Crippen molar-refractivity contribution in [1.82, 2.24) is 20.2 Å². The van der Waals surface area contributed by atoms with E-state index in [-0.39, 0.29) is 12.1 Å². The van der Waals surface area contributed by atoms with Crippen LogP contribution in [0, 0.1) is 0 Å². The Morgan fingerprint density at radius 2 is 2.22 bits per heavy atom. The van der Waals surface area contributed by atoms with E-state index < -0.39 is 0 Å². The molecule has 2 aromatic heterocycles. The third-order valence-electron chi connectivity index (χ3n) is 5.23. The lowest BCUT2D eigenvalue weighted by Gasteiger charge is -2.25. The molecule has 1 N–H and O–H groups in total. The van der Waals surface area contributed by atoms with E-state index in [0.29, 0.717) is 19.6 Å². The normalized spacial score (nSPS) is 18.3. The summed E-state index contributed by atoms with van der Waals surface area (Å²) in [6, 6.07) is 7.87. The molecule has 0 bridgehead atoms. The Bertz CT molecular complexity index is 775. The van der Waals surface area contributed by atoms with E-state index in [4.69, 9.17) is 4.74 Å². The van der Waals surface area contributed by atoms with Crippen molar-refractivity contribution in [3.8, 4) is 0 Å². The number of nitrogens with zero attached hydrogens (tertiary/aromatic N) is 3. The molecule has 0 radical (unpaired) electrons. The molecule has 1 saturated heterocycles. The summed E-state index contributed by atoms with van der Waals surface area (Å²) >= 11 is 0. The Balaban J connectivity index is 1.39. The second-order valence-corrected chi connectivity index (χ2v) is 7.30. The monoisotopic (exact) mass is 366 g/mol. The van der Waals surface area contributed by atoms with Crippen LogP contribution in [0.5, 0.6) is 0 Å². The Kier molecular flexibility index (Phi) is 5.63. The number of aryl methyl sites for hydroxylation is 2. The molecule has 1 aliphatic heterocycles. The zero-order valence-electron chi connectivity index (χ0n) is 15.6. The fourth-order valence-corrected chi connectivity index (χ4v) is 3.80. The second kappa shape index (κ2) is 8.48. The molecule has 0 spiro atoms. The largest absolute Gasteiger partial charge is 0.376 e. The first-order valence-corrected chi connectivity index (χ1v) is 9.79. The number of hydrogen-bond donors (Lipinski definition) is 1. The maximum Gasteiger partial charge on any atom is 0.318 e. The van der Waals surface area contributed by atoms with Crippen LogP contribution in [0.3, 0.4) is 0 Å². The van der Waals surface area contributed by atoms with E-state index in [1.165, 1.54) is 17.7 Å². The van der Waals surface area contributed by atoms with Crippen LogP contribution in [0.2, 0.25) is 0 Å². The first kappa shape index (κ1) is 17.9. The van der Waals surface area contributed by atoms with Gasteiger partial charge < -0.3 is 15.0 Å². The minimum Gasteiger partial charge on any atom is -0.376 e. The second-order valence-electron chi connectivity index (χ2n) is 7.30. The number of hydrogen-bond acceptors (Lipinski definition) is 4. The van der Waals surface area contributed by atoms with Gasteiger partial charge in [0.05, 0.1) is 18.3 Å². The molecule has 2 amide bonds. The van der Waals surface area contributed by atoms with Gasteiger partial charge in [-0.3, -0.25) is 9.97 Å². The van der Waals surface area contributed by atoms with Crippen molar-refractivity contribution >= 4 is 6.03 Å². The summed E-state index contributed by atoms with van der Waals surface area (Å²) in [5, 5.41) is 3.05. The standard InChI is InChI=1S/C21H26N4O2/c26-21(24-13-16-11-17-5-3-8-20(17)23-12-16)25(15-19-7-4-10-27-19)14-18-6-1-2-9-22-18/h1-2,6,9,11-12,19H,3-5,7-8,10,13-15H2,(H,24,26). The smallest absolute Gasteiger partial charge is 0.318 e. The number of urea groups is 1. The first-order valence-electron chi connectivity index (χ1n) is 9.79. The molecule has 6 heteroatoms. The van der Waals surface area contributed by atoms with E-state index >= 15 is 0 Å². The molecule has 142 valence electrons.